The molecule has 0 spiro atoms. The van der Waals surface area contributed by atoms with Crippen LogP contribution in [-0.2, 0) is 0 Å². The van der Waals surface area contributed by atoms with Gasteiger partial charge >= 0.3 is 0 Å². The van der Waals surface area contributed by atoms with E-state index in [4.69, 9.17) is 4.74 Å². The van der Waals surface area contributed by atoms with Crippen molar-refractivity contribution in [2.75, 3.05) is 31.1 Å². The topological polar surface area (TPSA) is 41.5 Å². The predicted molar refractivity (Wildman–Crippen MR) is 85.4 cm³/mol. The summed E-state index contributed by atoms with van der Waals surface area (Å²) in [5.41, 5.74) is 0. The average molecular weight is 296 g/mol. The quantitative estimate of drug-likeness (QED) is 0.870. The van der Waals surface area contributed by atoms with Crippen molar-refractivity contribution in [3.05, 3.63) is 42.5 Å². The fraction of sp³-hybridized carbons (Fsp3) is 0.412. The number of hydrogen-bond donors (Lipinski definition) is 0. The zero-order chi connectivity index (χ0) is 14.8. The van der Waals surface area contributed by atoms with Gasteiger partial charge in [-0.1, -0.05) is 18.2 Å². The van der Waals surface area contributed by atoms with Gasteiger partial charge in [0.05, 0.1) is 0 Å². The summed E-state index contributed by atoms with van der Waals surface area (Å²) in [4.78, 5) is 4.95. The summed E-state index contributed by atoms with van der Waals surface area (Å²) in [7, 11) is 0. The molecule has 1 aromatic carbocycles. The van der Waals surface area contributed by atoms with Gasteiger partial charge in [0, 0.05) is 38.3 Å². The van der Waals surface area contributed by atoms with Crippen LogP contribution in [0.15, 0.2) is 42.5 Å². The molecule has 5 nitrogen and oxygen atoms in total. The van der Waals surface area contributed by atoms with E-state index in [1.807, 2.05) is 42.5 Å². The van der Waals surface area contributed by atoms with E-state index in [9.17, 15) is 0 Å². The van der Waals surface area contributed by atoms with E-state index in [1.165, 1.54) is 25.9 Å². The molecule has 0 radical (unpaired) electrons. The van der Waals surface area contributed by atoms with Crippen molar-refractivity contribution in [1.82, 2.24) is 15.1 Å². The van der Waals surface area contributed by atoms with Gasteiger partial charge in [0.2, 0.25) is 5.88 Å². The number of ether oxygens (including phenoxy) is 1. The fourth-order valence-electron chi connectivity index (χ4n) is 3.32. The molecule has 0 atom stereocenters. The zero-order valence-electron chi connectivity index (χ0n) is 12.6. The third-order valence-corrected chi connectivity index (χ3v) is 4.54. The van der Waals surface area contributed by atoms with E-state index in [2.05, 4.69) is 20.0 Å². The Morgan fingerprint density at radius 3 is 2.41 bits per heavy atom. The molecule has 2 bridgehead atoms. The van der Waals surface area contributed by atoms with E-state index < -0.39 is 0 Å². The minimum atomic E-state index is 0.540. The minimum absolute atomic E-state index is 0.540. The van der Waals surface area contributed by atoms with Gasteiger partial charge in [-0.2, -0.15) is 0 Å². The Morgan fingerprint density at radius 2 is 1.68 bits per heavy atom. The predicted octanol–water partition coefficient (Wildman–Crippen LogP) is 2.55. The highest BCUT2D eigenvalue weighted by atomic mass is 16.5. The molecule has 3 aliphatic heterocycles. The molecule has 4 heterocycles. The van der Waals surface area contributed by atoms with Gasteiger partial charge in [0.15, 0.2) is 5.82 Å². The molecule has 5 rings (SSSR count). The maximum Gasteiger partial charge on any atom is 0.238 e. The number of benzene rings is 1. The highest BCUT2D eigenvalue weighted by Crippen LogP contribution is 2.26. The number of para-hydroxylation sites is 1. The second-order valence-corrected chi connectivity index (χ2v) is 5.91. The lowest BCUT2D eigenvalue weighted by atomic mass is 10.1. The van der Waals surface area contributed by atoms with Crippen molar-refractivity contribution in [1.29, 1.82) is 0 Å². The number of fused-ring (bicyclic) bond motifs is 4. The Balaban J connectivity index is 1.49. The third-order valence-electron chi connectivity index (χ3n) is 4.54. The van der Waals surface area contributed by atoms with Crippen LogP contribution >= 0.6 is 0 Å². The first kappa shape index (κ1) is 13.5. The number of hydrogen-bond acceptors (Lipinski definition) is 5. The normalized spacial score (nSPS) is 24.1. The first-order valence-electron chi connectivity index (χ1n) is 7.94. The van der Waals surface area contributed by atoms with Crippen LogP contribution in [0.5, 0.6) is 11.6 Å². The minimum Gasteiger partial charge on any atom is -0.438 e. The summed E-state index contributed by atoms with van der Waals surface area (Å²) in [6, 6.07) is 14.2. The largest absolute Gasteiger partial charge is 0.438 e. The first-order chi connectivity index (χ1) is 10.9. The van der Waals surface area contributed by atoms with Crippen molar-refractivity contribution in [2.45, 2.75) is 18.9 Å². The van der Waals surface area contributed by atoms with E-state index >= 15 is 0 Å². The van der Waals surface area contributed by atoms with Crippen molar-refractivity contribution in [3.8, 4) is 11.6 Å². The summed E-state index contributed by atoms with van der Waals surface area (Å²) >= 11 is 0. The van der Waals surface area contributed by atoms with Crippen LogP contribution in [0.3, 0.4) is 0 Å². The molecule has 0 unspecified atom stereocenters. The number of aromatic nitrogens is 2. The maximum atomic E-state index is 5.71. The number of piperidine rings is 1. The van der Waals surface area contributed by atoms with Crippen LogP contribution in [-0.4, -0.2) is 47.3 Å². The molecular formula is C17H20N4O. The second kappa shape index (κ2) is 5.93. The fourth-order valence-corrected chi connectivity index (χ4v) is 3.32. The molecule has 0 amide bonds. The van der Waals surface area contributed by atoms with Crippen LogP contribution in [0, 0.1) is 0 Å². The molecule has 22 heavy (non-hydrogen) atoms. The van der Waals surface area contributed by atoms with Crippen LogP contribution in [0.4, 0.5) is 5.82 Å². The molecule has 0 saturated carbocycles. The number of rotatable bonds is 3. The van der Waals surface area contributed by atoms with Gasteiger partial charge in [0.25, 0.3) is 0 Å². The lowest BCUT2D eigenvalue weighted by molar-refractivity contribution is 0.250. The van der Waals surface area contributed by atoms with E-state index in [1.54, 1.807) is 0 Å². The van der Waals surface area contributed by atoms with Gasteiger partial charge in [-0.15, -0.1) is 10.2 Å². The monoisotopic (exact) mass is 296 g/mol. The zero-order valence-corrected chi connectivity index (χ0v) is 12.6. The molecular weight excluding hydrogens is 276 g/mol. The standard InChI is InChI=1S/C17H20N4O/c1-2-4-15(5-3-1)22-17-7-6-16(18-19-17)21-13-12-20-10-8-14(21)9-11-20/h1-7,14H,8-13H2. The van der Waals surface area contributed by atoms with Crippen LogP contribution in [0.1, 0.15) is 12.8 Å². The van der Waals surface area contributed by atoms with Gasteiger partial charge < -0.3 is 14.5 Å². The number of nitrogens with zero attached hydrogens (tertiary/aromatic N) is 4. The van der Waals surface area contributed by atoms with Gasteiger partial charge in [-0.3, -0.25) is 0 Å². The van der Waals surface area contributed by atoms with Crippen LogP contribution in [0.2, 0.25) is 0 Å². The SMILES string of the molecule is c1ccc(Oc2ccc(N3CCN4CCC3CC4)nn2)cc1. The summed E-state index contributed by atoms with van der Waals surface area (Å²) in [5, 5.41) is 8.62. The molecule has 5 heteroatoms. The van der Waals surface area contributed by atoms with Crippen molar-refractivity contribution >= 4 is 5.82 Å². The Bertz CT molecular complexity index is 608. The Hall–Kier alpha value is -2.14. The molecule has 0 aliphatic carbocycles. The Morgan fingerprint density at radius 1 is 0.864 bits per heavy atom. The molecule has 0 N–H and O–H groups in total. The highest BCUT2D eigenvalue weighted by molar-refractivity contribution is 5.41. The van der Waals surface area contributed by atoms with Crippen LogP contribution in [0.25, 0.3) is 0 Å². The Kier molecular flexibility index (Phi) is 3.64. The molecule has 114 valence electrons. The third kappa shape index (κ3) is 2.76. The summed E-state index contributed by atoms with van der Waals surface area (Å²) in [6.07, 6.45) is 2.45. The summed E-state index contributed by atoms with van der Waals surface area (Å²) in [5.74, 6) is 2.29. The summed E-state index contributed by atoms with van der Waals surface area (Å²) < 4.78 is 5.71. The lowest BCUT2D eigenvalue weighted by Crippen LogP contribution is -2.38. The van der Waals surface area contributed by atoms with Gasteiger partial charge in [-0.05, 0) is 31.0 Å². The van der Waals surface area contributed by atoms with Crippen molar-refractivity contribution in [3.63, 3.8) is 0 Å². The van der Waals surface area contributed by atoms with Crippen molar-refractivity contribution in [2.24, 2.45) is 0 Å². The van der Waals surface area contributed by atoms with E-state index in [-0.39, 0.29) is 0 Å². The first-order valence-corrected chi connectivity index (χ1v) is 7.94. The average Bonchev–Trinajstić information content (AvgIpc) is 2.90. The highest BCUT2D eigenvalue weighted by Gasteiger charge is 2.29. The molecule has 2 aromatic rings. The van der Waals surface area contributed by atoms with Crippen LogP contribution < -0.4 is 9.64 Å². The molecule has 3 aliphatic rings. The second-order valence-electron chi connectivity index (χ2n) is 5.91. The van der Waals surface area contributed by atoms with Crippen molar-refractivity contribution < 1.29 is 4.74 Å². The van der Waals surface area contributed by atoms with E-state index in [0.717, 1.165) is 24.7 Å². The number of anilines is 1. The molecule has 3 saturated heterocycles. The van der Waals surface area contributed by atoms with Gasteiger partial charge in [-0.25, -0.2) is 0 Å². The van der Waals surface area contributed by atoms with Gasteiger partial charge in [0.1, 0.15) is 5.75 Å². The molecule has 3 fully saturated rings. The van der Waals surface area contributed by atoms with E-state index in [0.29, 0.717) is 11.9 Å². The smallest absolute Gasteiger partial charge is 0.238 e. The molecule has 1 aromatic heterocycles. The maximum absolute atomic E-state index is 5.71. The summed E-state index contributed by atoms with van der Waals surface area (Å²) in [6.45, 7) is 4.59. The lowest BCUT2D eigenvalue weighted by Gasteiger charge is -2.31. The Labute approximate surface area is 130 Å².